The van der Waals surface area contributed by atoms with E-state index in [0.29, 0.717) is 24.3 Å². The minimum Gasteiger partial charge on any atom is -0.331 e. The molecule has 1 amide bonds. The lowest BCUT2D eigenvalue weighted by molar-refractivity contribution is 0.0636. The van der Waals surface area contributed by atoms with Crippen LogP contribution in [0, 0.1) is 18.3 Å². The highest BCUT2D eigenvalue weighted by Crippen LogP contribution is 2.29. The molecule has 0 radical (unpaired) electrons. The molecule has 5 heteroatoms. The molecule has 1 aromatic heterocycles. The van der Waals surface area contributed by atoms with E-state index in [1.165, 1.54) is 5.56 Å². The van der Waals surface area contributed by atoms with Gasteiger partial charge in [-0.3, -0.25) is 9.48 Å². The molecule has 0 saturated carbocycles. The Bertz CT molecular complexity index is 1060. The summed E-state index contributed by atoms with van der Waals surface area (Å²) < 4.78 is 1.93. The van der Waals surface area contributed by atoms with Gasteiger partial charge in [0, 0.05) is 18.7 Å². The zero-order chi connectivity index (χ0) is 20.4. The van der Waals surface area contributed by atoms with Gasteiger partial charge in [0.1, 0.15) is 5.69 Å². The third-order valence-corrected chi connectivity index (χ3v) is 5.44. The van der Waals surface area contributed by atoms with Crippen molar-refractivity contribution < 1.29 is 4.79 Å². The van der Waals surface area contributed by atoms with Crippen LogP contribution >= 0.6 is 0 Å². The van der Waals surface area contributed by atoms with E-state index in [-0.39, 0.29) is 11.9 Å². The number of benzene rings is 2. The predicted octanol–water partition coefficient (Wildman–Crippen LogP) is 4.73. The van der Waals surface area contributed by atoms with E-state index in [2.05, 4.69) is 44.2 Å². The number of nitriles is 1. The van der Waals surface area contributed by atoms with Crippen molar-refractivity contribution in [3.63, 3.8) is 0 Å². The molecule has 1 aliphatic heterocycles. The molecule has 1 unspecified atom stereocenters. The van der Waals surface area contributed by atoms with Gasteiger partial charge in [-0.25, -0.2) is 0 Å². The summed E-state index contributed by atoms with van der Waals surface area (Å²) in [5.74, 6) is 0.00701. The van der Waals surface area contributed by atoms with Crippen molar-refractivity contribution in [1.82, 2.24) is 14.7 Å². The maximum Gasteiger partial charge on any atom is 0.272 e. The number of hydrogen-bond acceptors (Lipinski definition) is 3. The highest BCUT2D eigenvalue weighted by molar-refractivity contribution is 5.94. The summed E-state index contributed by atoms with van der Waals surface area (Å²) >= 11 is 0. The Morgan fingerprint density at radius 3 is 2.52 bits per heavy atom. The highest BCUT2D eigenvalue weighted by atomic mass is 16.2. The first-order valence-corrected chi connectivity index (χ1v) is 10.0. The summed E-state index contributed by atoms with van der Waals surface area (Å²) in [5, 5.41) is 13.8. The Labute approximate surface area is 171 Å². The number of amides is 1. The van der Waals surface area contributed by atoms with Crippen LogP contribution in [0.1, 0.15) is 53.0 Å². The normalized spacial score (nSPS) is 15.8. The van der Waals surface area contributed by atoms with Crippen LogP contribution in [0.4, 0.5) is 0 Å². The molecule has 1 aliphatic rings. The van der Waals surface area contributed by atoms with Gasteiger partial charge in [-0.1, -0.05) is 55.3 Å². The van der Waals surface area contributed by atoms with Gasteiger partial charge in [-0.15, -0.1) is 0 Å². The van der Waals surface area contributed by atoms with Gasteiger partial charge in [0.05, 0.1) is 23.4 Å². The van der Waals surface area contributed by atoms with Crippen LogP contribution in [0.3, 0.4) is 0 Å². The second-order valence-corrected chi connectivity index (χ2v) is 7.66. The van der Waals surface area contributed by atoms with Crippen molar-refractivity contribution in [2.75, 3.05) is 6.54 Å². The van der Waals surface area contributed by atoms with Crippen LogP contribution in [-0.4, -0.2) is 27.1 Å². The van der Waals surface area contributed by atoms with Crippen molar-refractivity contribution in [2.45, 2.75) is 39.3 Å². The Balaban J connectivity index is 1.65. The Hall–Kier alpha value is -3.39. The molecule has 2 aromatic carbocycles. The Kier molecular flexibility index (Phi) is 5.18. The minimum atomic E-state index is 0.00701. The summed E-state index contributed by atoms with van der Waals surface area (Å²) in [4.78, 5) is 15.1. The number of nitrogens with zero attached hydrogens (tertiary/aromatic N) is 4. The first-order chi connectivity index (χ1) is 14.1. The number of aryl methyl sites for hydroxylation is 1. The average Bonchev–Trinajstić information content (AvgIpc) is 3.19. The number of carbonyl (C=O) groups is 1. The van der Waals surface area contributed by atoms with Gasteiger partial charge in [0.15, 0.2) is 0 Å². The van der Waals surface area contributed by atoms with E-state index in [9.17, 15) is 4.79 Å². The SMILES string of the molecule is CCCC1CN(Cc2ccc(C#N)cc2)C(=O)c2cc(-c3ccc(C)cc3)nn21. The molecule has 1 atom stereocenters. The van der Waals surface area contributed by atoms with Crippen molar-refractivity contribution >= 4 is 5.91 Å². The maximum atomic E-state index is 13.2. The highest BCUT2D eigenvalue weighted by Gasteiger charge is 2.32. The molecule has 5 nitrogen and oxygen atoms in total. The standard InChI is InChI=1S/C24H24N4O/c1-3-4-21-16-27(15-19-9-7-18(14-25)8-10-19)24(29)23-13-22(26-28(21)23)20-11-5-17(2)6-12-20/h5-13,21H,3-4,15-16H2,1-2H3. The molecule has 0 aliphatic carbocycles. The summed E-state index contributed by atoms with van der Waals surface area (Å²) in [6.07, 6.45) is 2.00. The molecule has 0 saturated heterocycles. The van der Waals surface area contributed by atoms with Crippen molar-refractivity contribution in [1.29, 1.82) is 5.26 Å². The van der Waals surface area contributed by atoms with Gasteiger partial charge in [-0.2, -0.15) is 10.4 Å². The molecule has 0 bridgehead atoms. The number of hydrogen-bond donors (Lipinski definition) is 0. The summed E-state index contributed by atoms with van der Waals surface area (Å²) in [7, 11) is 0. The van der Waals surface area contributed by atoms with E-state index < -0.39 is 0 Å². The summed E-state index contributed by atoms with van der Waals surface area (Å²) in [5.41, 5.74) is 5.38. The number of aromatic nitrogens is 2. The van der Waals surface area contributed by atoms with Crippen molar-refractivity contribution in [3.8, 4) is 17.3 Å². The van der Waals surface area contributed by atoms with E-state index in [1.54, 1.807) is 12.1 Å². The molecule has 0 N–H and O–H groups in total. The van der Waals surface area contributed by atoms with E-state index in [0.717, 1.165) is 29.7 Å². The minimum absolute atomic E-state index is 0.00701. The fourth-order valence-electron chi connectivity index (χ4n) is 3.86. The zero-order valence-electron chi connectivity index (χ0n) is 16.8. The molecule has 146 valence electrons. The second kappa shape index (κ2) is 7.92. The van der Waals surface area contributed by atoms with Crippen LogP contribution in [0.15, 0.2) is 54.6 Å². The Morgan fingerprint density at radius 1 is 1.14 bits per heavy atom. The topological polar surface area (TPSA) is 61.9 Å². The quantitative estimate of drug-likeness (QED) is 0.639. The number of fused-ring (bicyclic) bond motifs is 1. The number of rotatable bonds is 5. The molecule has 4 rings (SSSR count). The molecular formula is C24H24N4O. The maximum absolute atomic E-state index is 13.2. The van der Waals surface area contributed by atoms with E-state index in [1.807, 2.05) is 27.8 Å². The molecule has 2 heterocycles. The third-order valence-electron chi connectivity index (χ3n) is 5.44. The lowest BCUT2D eigenvalue weighted by Crippen LogP contribution is -2.42. The zero-order valence-corrected chi connectivity index (χ0v) is 16.8. The van der Waals surface area contributed by atoms with E-state index >= 15 is 0 Å². The van der Waals surface area contributed by atoms with Crippen LogP contribution in [0.2, 0.25) is 0 Å². The van der Waals surface area contributed by atoms with Gasteiger partial charge >= 0.3 is 0 Å². The predicted molar refractivity (Wildman–Crippen MR) is 112 cm³/mol. The van der Waals surface area contributed by atoms with Crippen molar-refractivity contribution in [3.05, 3.63) is 77.0 Å². The van der Waals surface area contributed by atoms with Gasteiger partial charge < -0.3 is 4.90 Å². The van der Waals surface area contributed by atoms with Crippen molar-refractivity contribution in [2.24, 2.45) is 0 Å². The third kappa shape index (κ3) is 3.79. The van der Waals surface area contributed by atoms with Gasteiger partial charge in [-0.05, 0) is 37.1 Å². The number of carbonyl (C=O) groups excluding carboxylic acids is 1. The van der Waals surface area contributed by atoms with E-state index in [4.69, 9.17) is 10.4 Å². The fourth-order valence-corrected chi connectivity index (χ4v) is 3.86. The van der Waals surface area contributed by atoms with Crippen LogP contribution in [0.25, 0.3) is 11.3 Å². The largest absolute Gasteiger partial charge is 0.331 e. The fraction of sp³-hybridized carbons (Fsp3) is 0.292. The smallest absolute Gasteiger partial charge is 0.272 e. The Morgan fingerprint density at radius 2 is 1.86 bits per heavy atom. The lowest BCUT2D eigenvalue weighted by atomic mass is 10.1. The molecule has 29 heavy (non-hydrogen) atoms. The van der Waals surface area contributed by atoms with Crippen LogP contribution in [0.5, 0.6) is 0 Å². The molecular weight excluding hydrogens is 360 g/mol. The first-order valence-electron chi connectivity index (χ1n) is 10.0. The molecule has 0 fully saturated rings. The lowest BCUT2D eigenvalue weighted by Gasteiger charge is -2.33. The average molecular weight is 384 g/mol. The summed E-state index contributed by atoms with van der Waals surface area (Å²) in [6, 6.07) is 19.9. The summed E-state index contributed by atoms with van der Waals surface area (Å²) in [6.45, 7) is 5.40. The first kappa shape index (κ1) is 18.9. The van der Waals surface area contributed by atoms with Gasteiger partial charge in [0.2, 0.25) is 0 Å². The van der Waals surface area contributed by atoms with Crippen LogP contribution < -0.4 is 0 Å². The molecule has 0 spiro atoms. The van der Waals surface area contributed by atoms with Crippen LogP contribution in [-0.2, 0) is 6.54 Å². The second-order valence-electron chi connectivity index (χ2n) is 7.66. The monoisotopic (exact) mass is 384 g/mol. The van der Waals surface area contributed by atoms with Gasteiger partial charge in [0.25, 0.3) is 5.91 Å². The molecule has 3 aromatic rings.